The van der Waals surface area contributed by atoms with E-state index in [1.165, 1.54) is 70.6 Å². The van der Waals surface area contributed by atoms with Gasteiger partial charge in [-0.25, -0.2) is 0 Å². The number of hydrogen-bond donors (Lipinski definition) is 12. The van der Waals surface area contributed by atoms with Gasteiger partial charge in [-0.2, -0.15) is 0 Å². The van der Waals surface area contributed by atoms with Crippen molar-refractivity contribution in [1.82, 2.24) is 5.32 Å². The molecule has 17 atom stereocenters. The Morgan fingerprint density at radius 1 is 0.400 bits per heavy atom. The second kappa shape index (κ2) is 55.8. The molecular formula is C76H125NO18. The summed E-state index contributed by atoms with van der Waals surface area (Å²) in [5, 5.41) is 120. The number of allylic oxidation sites excluding steroid dienone is 21. The van der Waals surface area contributed by atoms with Crippen LogP contribution in [0.4, 0.5) is 0 Å². The van der Waals surface area contributed by atoms with Gasteiger partial charge in [0.2, 0.25) is 5.91 Å². The zero-order valence-electron chi connectivity index (χ0n) is 57.3. The topological polar surface area (TPSA) is 307 Å². The second-order valence-electron chi connectivity index (χ2n) is 25.0. The van der Waals surface area contributed by atoms with Crippen LogP contribution in [0, 0.1) is 0 Å². The van der Waals surface area contributed by atoms with Crippen molar-refractivity contribution in [3.05, 3.63) is 134 Å². The van der Waals surface area contributed by atoms with Crippen LogP contribution in [-0.2, 0) is 33.2 Å². The third-order valence-corrected chi connectivity index (χ3v) is 17.0. The standard InChI is InChI=1S/C76H125NO18/c1-3-5-7-9-11-13-14-15-16-17-18-19-20-21-22-23-24-25-26-27-28-29-30-31-32-33-34-35-36-37-38-39-40-41-42-43-44-46-48-50-52-54-64(82)77-59(60(81)53-51-49-47-45-12-10-8-6-4-2)58-90-74-70(88)67(85)72(62(56-79)92-74)95-76-71(89)68(86)73(63(57-80)93-76)94-75-69(87)66(84)65(83)61(55-78)91-75/h4-7,11-13,15-16,18-19,21-22,24-25,27-28,30-31,45,51,53,59-63,65-76,78-81,83-89H,3,8-10,14,17,20,23,26,29,32-44,46-50,52,54-58H2,1-2H3,(H,77,82)/b6-4+,7-5-,13-11-,16-15-,19-18-,22-21-,25-24-,28-27-,31-30-,45-12+,53-51+. The third-order valence-electron chi connectivity index (χ3n) is 17.0. The van der Waals surface area contributed by atoms with E-state index in [1.807, 2.05) is 19.1 Å². The summed E-state index contributed by atoms with van der Waals surface area (Å²) < 4.78 is 34.2. The van der Waals surface area contributed by atoms with E-state index in [0.29, 0.717) is 12.8 Å². The van der Waals surface area contributed by atoms with Gasteiger partial charge in [-0.05, 0) is 103 Å². The zero-order valence-corrected chi connectivity index (χ0v) is 57.3. The molecule has 3 aliphatic heterocycles. The number of aliphatic hydroxyl groups is 11. The van der Waals surface area contributed by atoms with Gasteiger partial charge in [-0.1, -0.05) is 230 Å². The van der Waals surface area contributed by atoms with Crippen molar-refractivity contribution in [3.8, 4) is 0 Å². The Kier molecular flexibility index (Phi) is 50.0. The third kappa shape index (κ3) is 37.1. The SMILES string of the molecule is C/C=C/CC/C=C/CC/C=C/C(O)C(COC1OC(CO)C(OC2OC(CO)C(OC3OC(CO)C(O)C(O)C3O)C(O)C2O)C(O)C1O)NC(=O)CCCCCCCCCCCCCCCCCC/C=C\C/C=C\C/C=C\C/C=C\C/C=C\C/C=C\C/C=C\C/C=C\CC. The highest BCUT2D eigenvalue weighted by Gasteiger charge is 2.53. The molecule has 0 aromatic carbocycles. The van der Waals surface area contributed by atoms with E-state index in [4.69, 9.17) is 28.4 Å². The number of carbonyl (C=O) groups is 1. The fraction of sp³-hybridized carbons (Fsp3) is 0.697. The normalized spacial score (nSPS) is 28.0. The van der Waals surface area contributed by atoms with Crippen LogP contribution in [0.15, 0.2) is 134 Å². The van der Waals surface area contributed by atoms with Crippen molar-refractivity contribution >= 4 is 5.91 Å². The molecule has 3 saturated heterocycles. The molecule has 3 rings (SSSR count). The Morgan fingerprint density at radius 2 is 0.747 bits per heavy atom. The van der Waals surface area contributed by atoms with Crippen LogP contribution in [0.1, 0.15) is 206 Å². The summed E-state index contributed by atoms with van der Waals surface area (Å²) in [6.45, 7) is 1.32. The van der Waals surface area contributed by atoms with Crippen LogP contribution in [0.2, 0.25) is 0 Å². The summed E-state index contributed by atoms with van der Waals surface area (Å²) in [5.41, 5.74) is 0. The summed E-state index contributed by atoms with van der Waals surface area (Å²) in [7, 11) is 0. The van der Waals surface area contributed by atoms with E-state index in [0.717, 1.165) is 103 Å². The van der Waals surface area contributed by atoms with Crippen LogP contribution in [-0.4, -0.2) is 193 Å². The Morgan fingerprint density at radius 3 is 1.18 bits per heavy atom. The van der Waals surface area contributed by atoms with Gasteiger partial charge in [0.25, 0.3) is 0 Å². The van der Waals surface area contributed by atoms with E-state index < -0.39 is 124 Å². The first kappa shape index (κ1) is 85.2. The maximum Gasteiger partial charge on any atom is 0.220 e. The molecule has 542 valence electrons. The predicted molar refractivity (Wildman–Crippen MR) is 373 cm³/mol. The van der Waals surface area contributed by atoms with Gasteiger partial charge in [0.1, 0.15) is 73.2 Å². The molecule has 1 amide bonds. The molecule has 0 saturated carbocycles. The van der Waals surface area contributed by atoms with E-state index in [-0.39, 0.29) is 18.9 Å². The van der Waals surface area contributed by atoms with Gasteiger partial charge in [0.15, 0.2) is 18.9 Å². The highest BCUT2D eigenvalue weighted by atomic mass is 16.8. The molecule has 0 aromatic heterocycles. The molecule has 0 bridgehead atoms. The van der Waals surface area contributed by atoms with Crippen molar-refractivity contribution in [3.63, 3.8) is 0 Å². The number of hydrogen-bond acceptors (Lipinski definition) is 18. The Bertz CT molecular complexity index is 2240. The van der Waals surface area contributed by atoms with E-state index in [9.17, 15) is 61.0 Å². The van der Waals surface area contributed by atoms with Gasteiger partial charge in [0, 0.05) is 6.42 Å². The van der Waals surface area contributed by atoms with E-state index >= 15 is 0 Å². The fourth-order valence-electron chi connectivity index (χ4n) is 11.2. The van der Waals surface area contributed by atoms with Crippen LogP contribution < -0.4 is 5.32 Å². The predicted octanol–water partition coefficient (Wildman–Crippen LogP) is 10.2. The summed E-state index contributed by atoms with van der Waals surface area (Å²) >= 11 is 0. The minimum atomic E-state index is -1.99. The number of carbonyl (C=O) groups excluding carboxylic acids is 1. The van der Waals surface area contributed by atoms with Crippen molar-refractivity contribution < 1.29 is 89.4 Å². The van der Waals surface area contributed by atoms with Gasteiger partial charge in [-0.15, -0.1) is 0 Å². The number of rotatable bonds is 53. The molecule has 3 heterocycles. The Labute approximate surface area is 569 Å². The smallest absolute Gasteiger partial charge is 0.220 e. The van der Waals surface area contributed by atoms with Crippen LogP contribution in [0.25, 0.3) is 0 Å². The minimum absolute atomic E-state index is 0.225. The van der Waals surface area contributed by atoms with E-state index in [1.54, 1.807) is 6.08 Å². The first-order valence-electron chi connectivity index (χ1n) is 35.9. The molecule has 19 nitrogen and oxygen atoms in total. The molecule has 0 radical (unpaired) electrons. The van der Waals surface area contributed by atoms with E-state index in [2.05, 4.69) is 128 Å². The average molecular weight is 1340 g/mol. The lowest BCUT2D eigenvalue weighted by Crippen LogP contribution is -2.66. The fourth-order valence-corrected chi connectivity index (χ4v) is 11.2. The number of nitrogens with one attached hydrogen (secondary N) is 1. The minimum Gasteiger partial charge on any atom is -0.394 e. The molecular weight excluding hydrogens is 1210 g/mol. The first-order chi connectivity index (χ1) is 46.3. The molecule has 0 aromatic rings. The van der Waals surface area contributed by atoms with Gasteiger partial charge in [0.05, 0.1) is 38.6 Å². The lowest BCUT2D eigenvalue weighted by atomic mass is 9.96. The highest BCUT2D eigenvalue weighted by Crippen LogP contribution is 2.33. The van der Waals surface area contributed by atoms with Crippen LogP contribution in [0.5, 0.6) is 0 Å². The van der Waals surface area contributed by atoms with Crippen molar-refractivity contribution in [1.29, 1.82) is 0 Å². The molecule has 17 unspecified atom stereocenters. The number of unbranched alkanes of at least 4 members (excludes halogenated alkanes) is 18. The summed E-state index contributed by atoms with van der Waals surface area (Å²) in [5.74, 6) is -0.298. The molecule has 19 heteroatoms. The molecule has 3 fully saturated rings. The maximum absolute atomic E-state index is 13.3. The quantitative estimate of drug-likeness (QED) is 0.0199. The molecule has 12 N–H and O–H groups in total. The number of aliphatic hydroxyl groups excluding tert-OH is 11. The summed E-state index contributed by atoms with van der Waals surface area (Å²) in [6, 6.07) is -1.00. The monoisotopic (exact) mass is 1340 g/mol. The number of ether oxygens (including phenoxy) is 6. The Hall–Kier alpha value is -4.07. The van der Waals surface area contributed by atoms with Crippen molar-refractivity contribution in [2.45, 2.75) is 311 Å². The van der Waals surface area contributed by atoms with Gasteiger partial charge in [-0.3, -0.25) is 4.79 Å². The average Bonchev–Trinajstić information content (AvgIpc) is 0.795. The molecule has 3 aliphatic rings. The molecule has 95 heavy (non-hydrogen) atoms. The van der Waals surface area contributed by atoms with Crippen LogP contribution in [0.3, 0.4) is 0 Å². The van der Waals surface area contributed by atoms with Gasteiger partial charge < -0.3 is 89.9 Å². The lowest BCUT2D eigenvalue weighted by molar-refractivity contribution is -0.379. The molecule has 0 aliphatic carbocycles. The van der Waals surface area contributed by atoms with Crippen LogP contribution >= 0.6 is 0 Å². The second-order valence-corrected chi connectivity index (χ2v) is 25.0. The lowest BCUT2D eigenvalue weighted by Gasteiger charge is -2.48. The van der Waals surface area contributed by atoms with Gasteiger partial charge >= 0.3 is 0 Å². The maximum atomic E-state index is 13.3. The summed E-state index contributed by atoms with van der Waals surface area (Å²) in [6.07, 6.45) is 52.2. The summed E-state index contributed by atoms with van der Waals surface area (Å²) in [4.78, 5) is 13.3. The van der Waals surface area contributed by atoms with Crippen molar-refractivity contribution in [2.24, 2.45) is 0 Å². The van der Waals surface area contributed by atoms with Crippen molar-refractivity contribution in [2.75, 3.05) is 26.4 Å². The largest absolute Gasteiger partial charge is 0.394 e. The first-order valence-corrected chi connectivity index (χ1v) is 35.9. The number of amides is 1. The molecule has 0 spiro atoms. The Balaban J connectivity index is 1.27. The zero-order chi connectivity index (χ0) is 68.9. The highest BCUT2D eigenvalue weighted by molar-refractivity contribution is 5.76.